The van der Waals surface area contributed by atoms with Gasteiger partial charge >= 0.3 is 5.97 Å². The average Bonchev–Trinajstić information content (AvgIpc) is 2.74. The predicted molar refractivity (Wildman–Crippen MR) is 111 cm³/mol. The number of carbonyl (C=O) groups excluding carboxylic acids is 1. The number of methoxy groups -OCH3 is 1. The molecule has 1 saturated carbocycles. The molecule has 0 radical (unpaired) electrons. The van der Waals surface area contributed by atoms with E-state index in [9.17, 15) is 9.90 Å². The molecule has 0 saturated heterocycles. The molecule has 0 spiro atoms. The maximum Gasteiger partial charge on any atom is 0.337 e. The van der Waals surface area contributed by atoms with E-state index in [0.717, 1.165) is 37.7 Å². The van der Waals surface area contributed by atoms with Crippen molar-refractivity contribution in [1.29, 1.82) is 0 Å². The SMILES string of the molecule is CC[C@@]1(O)CC[C@@]2(Cc3ccccc3)c3ccc(C(=O)OC)cc3C=C[C@H]2C1. The quantitative estimate of drug-likeness (QED) is 0.770. The highest BCUT2D eigenvalue weighted by atomic mass is 16.5. The summed E-state index contributed by atoms with van der Waals surface area (Å²) in [4.78, 5) is 12.0. The smallest absolute Gasteiger partial charge is 0.337 e. The molecule has 1 N–H and O–H groups in total. The molecule has 0 amide bonds. The normalized spacial score (nSPS) is 28.3. The molecule has 2 aliphatic carbocycles. The molecule has 4 rings (SSSR count). The monoisotopic (exact) mass is 376 g/mol. The number of fused-ring (bicyclic) bond motifs is 3. The molecule has 0 aliphatic heterocycles. The minimum Gasteiger partial charge on any atom is -0.465 e. The number of benzene rings is 2. The van der Waals surface area contributed by atoms with Crippen molar-refractivity contribution < 1.29 is 14.6 Å². The Labute approximate surface area is 167 Å². The van der Waals surface area contributed by atoms with Crippen LogP contribution in [-0.2, 0) is 16.6 Å². The van der Waals surface area contributed by atoms with Crippen molar-refractivity contribution in [2.24, 2.45) is 5.92 Å². The van der Waals surface area contributed by atoms with Gasteiger partial charge in [-0.25, -0.2) is 4.79 Å². The second kappa shape index (κ2) is 7.21. The largest absolute Gasteiger partial charge is 0.465 e. The number of allylic oxidation sites excluding steroid dienone is 1. The van der Waals surface area contributed by atoms with Crippen LogP contribution in [0.5, 0.6) is 0 Å². The van der Waals surface area contributed by atoms with Gasteiger partial charge in [0.1, 0.15) is 0 Å². The summed E-state index contributed by atoms with van der Waals surface area (Å²) in [5, 5.41) is 11.0. The van der Waals surface area contributed by atoms with E-state index in [-0.39, 0.29) is 17.3 Å². The standard InChI is InChI=1S/C25H28O3/c1-3-24(27)13-14-25(16-18-7-5-4-6-8-18)21(17-24)11-9-19-15-20(23(26)28-2)10-12-22(19)25/h4-12,15,21,27H,3,13-14,16-17H2,1-2H3/t21-,24+,25-/m0/s1. The highest BCUT2D eigenvalue weighted by Gasteiger charge is 2.49. The minimum atomic E-state index is -0.585. The second-order valence-electron chi connectivity index (χ2n) is 8.36. The first-order valence-electron chi connectivity index (χ1n) is 10.2. The summed E-state index contributed by atoms with van der Waals surface area (Å²) in [6.45, 7) is 2.08. The van der Waals surface area contributed by atoms with Crippen LogP contribution in [-0.4, -0.2) is 23.8 Å². The molecule has 0 heterocycles. The molecule has 28 heavy (non-hydrogen) atoms. The van der Waals surface area contributed by atoms with E-state index >= 15 is 0 Å². The summed E-state index contributed by atoms with van der Waals surface area (Å²) < 4.78 is 4.90. The number of rotatable bonds is 4. The lowest BCUT2D eigenvalue weighted by molar-refractivity contribution is -0.0379. The summed E-state index contributed by atoms with van der Waals surface area (Å²) in [7, 11) is 1.41. The second-order valence-corrected chi connectivity index (χ2v) is 8.36. The van der Waals surface area contributed by atoms with Gasteiger partial charge in [0.2, 0.25) is 0 Å². The van der Waals surface area contributed by atoms with Gasteiger partial charge in [-0.05, 0) is 66.8 Å². The van der Waals surface area contributed by atoms with Crippen LogP contribution in [0.15, 0.2) is 54.6 Å². The van der Waals surface area contributed by atoms with E-state index in [0.29, 0.717) is 5.56 Å². The van der Waals surface area contributed by atoms with Crippen molar-refractivity contribution in [1.82, 2.24) is 0 Å². The number of hydrogen-bond acceptors (Lipinski definition) is 3. The highest BCUT2D eigenvalue weighted by molar-refractivity contribution is 5.90. The zero-order chi connectivity index (χ0) is 19.8. The van der Waals surface area contributed by atoms with Crippen LogP contribution in [0, 0.1) is 5.92 Å². The van der Waals surface area contributed by atoms with Gasteiger partial charge in [0, 0.05) is 5.41 Å². The molecular formula is C25H28O3. The van der Waals surface area contributed by atoms with E-state index < -0.39 is 5.60 Å². The number of ether oxygens (including phenoxy) is 1. The third-order valence-corrected chi connectivity index (χ3v) is 6.88. The summed E-state index contributed by atoms with van der Waals surface area (Å²) >= 11 is 0. The average molecular weight is 376 g/mol. The Morgan fingerprint density at radius 3 is 2.68 bits per heavy atom. The summed E-state index contributed by atoms with van der Waals surface area (Å²) in [5.74, 6) is -0.0256. The Bertz CT molecular complexity index is 901. The Morgan fingerprint density at radius 2 is 1.96 bits per heavy atom. The molecular weight excluding hydrogens is 348 g/mol. The molecule has 146 valence electrons. The van der Waals surface area contributed by atoms with E-state index in [1.165, 1.54) is 18.2 Å². The highest BCUT2D eigenvalue weighted by Crippen LogP contribution is 2.53. The lowest BCUT2D eigenvalue weighted by Crippen LogP contribution is -2.49. The first kappa shape index (κ1) is 18.9. The topological polar surface area (TPSA) is 46.5 Å². The molecule has 0 aromatic heterocycles. The predicted octanol–water partition coefficient (Wildman–Crippen LogP) is 4.92. The van der Waals surface area contributed by atoms with Crippen molar-refractivity contribution >= 4 is 12.0 Å². The molecule has 2 aromatic carbocycles. The summed E-state index contributed by atoms with van der Waals surface area (Å²) in [5.41, 5.74) is 3.64. The van der Waals surface area contributed by atoms with Crippen molar-refractivity contribution in [3.8, 4) is 0 Å². The first-order chi connectivity index (χ1) is 13.5. The summed E-state index contributed by atoms with van der Waals surface area (Å²) in [6, 6.07) is 16.5. The molecule has 3 atom stereocenters. The van der Waals surface area contributed by atoms with Crippen molar-refractivity contribution in [2.45, 2.75) is 50.0 Å². The maximum absolute atomic E-state index is 12.0. The van der Waals surface area contributed by atoms with Crippen LogP contribution in [0.25, 0.3) is 6.08 Å². The van der Waals surface area contributed by atoms with Gasteiger partial charge in [0.25, 0.3) is 0 Å². The van der Waals surface area contributed by atoms with Gasteiger partial charge in [0.05, 0.1) is 18.3 Å². The van der Waals surface area contributed by atoms with Crippen molar-refractivity contribution in [3.05, 3.63) is 76.9 Å². The van der Waals surface area contributed by atoms with Crippen molar-refractivity contribution in [3.63, 3.8) is 0 Å². The molecule has 2 aliphatic rings. The Morgan fingerprint density at radius 1 is 1.18 bits per heavy atom. The van der Waals surface area contributed by atoms with Crippen LogP contribution in [0.4, 0.5) is 0 Å². The molecule has 2 aromatic rings. The maximum atomic E-state index is 12.0. The van der Waals surface area contributed by atoms with E-state index in [1.807, 2.05) is 18.2 Å². The summed E-state index contributed by atoms with van der Waals surface area (Å²) in [6.07, 6.45) is 8.62. The number of hydrogen-bond donors (Lipinski definition) is 1. The Kier molecular flexibility index (Phi) is 4.88. The Balaban J connectivity index is 1.80. The van der Waals surface area contributed by atoms with Gasteiger partial charge in [0.15, 0.2) is 0 Å². The Hall–Kier alpha value is -2.39. The third-order valence-electron chi connectivity index (χ3n) is 6.88. The van der Waals surface area contributed by atoms with Gasteiger partial charge in [-0.15, -0.1) is 0 Å². The minimum absolute atomic E-state index is 0.0541. The van der Waals surface area contributed by atoms with E-state index in [2.05, 4.69) is 49.4 Å². The molecule has 3 heteroatoms. The zero-order valence-corrected chi connectivity index (χ0v) is 16.7. The van der Waals surface area contributed by atoms with Crippen molar-refractivity contribution in [2.75, 3.05) is 7.11 Å². The number of carbonyl (C=O) groups is 1. The van der Waals surface area contributed by atoms with Gasteiger partial charge in [-0.1, -0.05) is 55.5 Å². The number of aliphatic hydroxyl groups is 1. The molecule has 0 bridgehead atoms. The third kappa shape index (κ3) is 3.18. The fourth-order valence-electron chi connectivity index (χ4n) is 5.15. The lowest BCUT2D eigenvalue weighted by Gasteiger charge is -2.51. The fraction of sp³-hybridized carbons (Fsp3) is 0.400. The zero-order valence-electron chi connectivity index (χ0n) is 16.7. The van der Waals surface area contributed by atoms with Crippen LogP contribution in [0.2, 0.25) is 0 Å². The van der Waals surface area contributed by atoms with Crippen LogP contribution in [0.1, 0.15) is 59.7 Å². The first-order valence-corrected chi connectivity index (χ1v) is 10.2. The van der Waals surface area contributed by atoms with Gasteiger partial charge in [-0.3, -0.25) is 0 Å². The number of esters is 1. The molecule has 1 fully saturated rings. The van der Waals surface area contributed by atoms with E-state index in [4.69, 9.17) is 4.74 Å². The fourth-order valence-corrected chi connectivity index (χ4v) is 5.15. The van der Waals surface area contributed by atoms with Gasteiger partial charge < -0.3 is 9.84 Å². The van der Waals surface area contributed by atoms with Crippen LogP contribution >= 0.6 is 0 Å². The molecule has 3 nitrogen and oxygen atoms in total. The lowest BCUT2D eigenvalue weighted by atomic mass is 9.54. The van der Waals surface area contributed by atoms with E-state index in [1.54, 1.807) is 0 Å². The molecule has 0 unspecified atom stereocenters. The van der Waals surface area contributed by atoms with Crippen LogP contribution < -0.4 is 0 Å². The van der Waals surface area contributed by atoms with Gasteiger partial charge in [-0.2, -0.15) is 0 Å². The van der Waals surface area contributed by atoms with Crippen LogP contribution in [0.3, 0.4) is 0 Å².